The maximum Gasteiger partial charge on any atom is 0.0811 e. The van der Waals surface area contributed by atoms with E-state index in [2.05, 4.69) is 31.0 Å². The van der Waals surface area contributed by atoms with Crippen molar-refractivity contribution in [3.63, 3.8) is 0 Å². The van der Waals surface area contributed by atoms with E-state index < -0.39 is 6.10 Å². The Labute approximate surface area is 117 Å². The second kappa shape index (κ2) is 8.26. The van der Waals surface area contributed by atoms with Crippen LogP contribution in [-0.4, -0.2) is 15.3 Å². The SMILES string of the molecule is CCCCC(CC)CC(O)c1cc(C)nnc1CC. The predicted octanol–water partition coefficient (Wildman–Crippen LogP) is 3.99. The van der Waals surface area contributed by atoms with Crippen LogP contribution in [0.4, 0.5) is 0 Å². The van der Waals surface area contributed by atoms with Crippen LogP contribution in [0.5, 0.6) is 0 Å². The Balaban J connectivity index is 2.75. The van der Waals surface area contributed by atoms with Crippen LogP contribution in [0.25, 0.3) is 0 Å². The standard InChI is InChI=1S/C16H28N2O/c1-5-8-9-13(6-2)11-16(19)14-10-12(4)17-18-15(14)7-3/h10,13,16,19H,5-9,11H2,1-4H3. The average Bonchev–Trinajstić information content (AvgIpc) is 2.43. The third-order valence-corrected chi connectivity index (χ3v) is 3.82. The summed E-state index contributed by atoms with van der Waals surface area (Å²) in [5.74, 6) is 0.605. The van der Waals surface area contributed by atoms with Crippen molar-refractivity contribution in [3.8, 4) is 0 Å². The summed E-state index contributed by atoms with van der Waals surface area (Å²) in [7, 11) is 0. The topological polar surface area (TPSA) is 46.0 Å². The molecule has 0 aromatic carbocycles. The van der Waals surface area contributed by atoms with E-state index in [-0.39, 0.29) is 0 Å². The van der Waals surface area contributed by atoms with Crippen molar-refractivity contribution < 1.29 is 5.11 Å². The molecule has 0 radical (unpaired) electrons. The molecule has 0 amide bonds. The van der Waals surface area contributed by atoms with E-state index >= 15 is 0 Å². The minimum atomic E-state index is -0.397. The van der Waals surface area contributed by atoms with Gasteiger partial charge in [-0.2, -0.15) is 10.2 Å². The largest absolute Gasteiger partial charge is 0.388 e. The summed E-state index contributed by atoms with van der Waals surface area (Å²) in [6.45, 7) is 8.42. The van der Waals surface area contributed by atoms with E-state index in [1.165, 1.54) is 19.3 Å². The quantitative estimate of drug-likeness (QED) is 0.772. The number of aliphatic hydroxyl groups excluding tert-OH is 1. The van der Waals surface area contributed by atoms with E-state index in [4.69, 9.17) is 0 Å². The Bertz CT molecular complexity index is 379. The van der Waals surface area contributed by atoms with E-state index in [0.29, 0.717) is 5.92 Å². The molecule has 2 unspecified atom stereocenters. The predicted molar refractivity (Wildman–Crippen MR) is 79.0 cm³/mol. The van der Waals surface area contributed by atoms with Crippen LogP contribution in [0, 0.1) is 12.8 Å². The minimum absolute atomic E-state index is 0.397. The lowest BCUT2D eigenvalue weighted by molar-refractivity contribution is 0.137. The van der Waals surface area contributed by atoms with Gasteiger partial charge in [0.15, 0.2) is 0 Å². The van der Waals surface area contributed by atoms with Gasteiger partial charge in [-0.3, -0.25) is 0 Å². The Hall–Kier alpha value is -0.960. The Kier molecular flexibility index (Phi) is 7.00. The lowest BCUT2D eigenvalue weighted by Gasteiger charge is -2.20. The van der Waals surface area contributed by atoms with Crippen LogP contribution < -0.4 is 0 Å². The highest BCUT2D eigenvalue weighted by atomic mass is 16.3. The summed E-state index contributed by atoms with van der Waals surface area (Å²) >= 11 is 0. The Morgan fingerprint density at radius 3 is 2.53 bits per heavy atom. The third kappa shape index (κ3) is 4.90. The van der Waals surface area contributed by atoms with Crippen molar-refractivity contribution in [2.45, 2.75) is 72.3 Å². The fraction of sp³-hybridized carbons (Fsp3) is 0.750. The minimum Gasteiger partial charge on any atom is -0.388 e. The number of aromatic nitrogens is 2. The molecule has 0 fully saturated rings. The maximum atomic E-state index is 10.5. The summed E-state index contributed by atoms with van der Waals surface area (Å²) in [6.07, 6.45) is 6.09. The maximum absolute atomic E-state index is 10.5. The Morgan fingerprint density at radius 2 is 1.95 bits per heavy atom. The van der Waals surface area contributed by atoms with Crippen LogP contribution in [0.15, 0.2) is 6.07 Å². The summed E-state index contributed by atoms with van der Waals surface area (Å²) < 4.78 is 0. The fourth-order valence-corrected chi connectivity index (χ4v) is 2.52. The molecule has 0 spiro atoms. The molecule has 2 atom stereocenters. The van der Waals surface area contributed by atoms with Crippen LogP contribution in [0.1, 0.15) is 75.9 Å². The van der Waals surface area contributed by atoms with Gasteiger partial charge in [0.05, 0.1) is 17.5 Å². The fourth-order valence-electron chi connectivity index (χ4n) is 2.52. The molecule has 1 rings (SSSR count). The highest BCUT2D eigenvalue weighted by Crippen LogP contribution is 2.28. The first-order valence-electron chi connectivity index (χ1n) is 7.63. The van der Waals surface area contributed by atoms with Gasteiger partial charge >= 0.3 is 0 Å². The van der Waals surface area contributed by atoms with Crippen molar-refractivity contribution in [3.05, 3.63) is 23.0 Å². The van der Waals surface area contributed by atoms with Gasteiger partial charge in [0, 0.05) is 5.56 Å². The monoisotopic (exact) mass is 264 g/mol. The van der Waals surface area contributed by atoms with Gasteiger partial charge in [-0.15, -0.1) is 0 Å². The zero-order chi connectivity index (χ0) is 14.3. The van der Waals surface area contributed by atoms with Gasteiger partial charge in [0.25, 0.3) is 0 Å². The van der Waals surface area contributed by atoms with Crippen LogP contribution in [0.3, 0.4) is 0 Å². The van der Waals surface area contributed by atoms with Crippen molar-refractivity contribution in [1.29, 1.82) is 0 Å². The molecule has 3 heteroatoms. The Morgan fingerprint density at radius 1 is 1.21 bits per heavy atom. The van der Waals surface area contributed by atoms with Crippen LogP contribution in [-0.2, 0) is 6.42 Å². The molecule has 0 aliphatic heterocycles. The second-order valence-corrected chi connectivity index (χ2v) is 5.41. The van der Waals surface area contributed by atoms with Gasteiger partial charge in [-0.1, -0.05) is 46.5 Å². The van der Waals surface area contributed by atoms with Gasteiger partial charge in [0.1, 0.15) is 0 Å². The first kappa shape index (κ1) is 16.1. The summed E-state index contributed by atoms with van der Waals surface area (Å²) in [4.78, 5) is 0. The molecule has 0 bridgehead atoms. The lowest BCUT2D eigenvalue weighted by atomic mass is 9.90. The third-order valence-electron chi connectivity index (χ3n) is 3.82. The normalized spacial score (nSPS) is 14.4. The van der Waals surface area contributed by atoms with Gasteiger partial charge in [-0.25, -0.2) is 0 Å². The van der Waals surface area contributed by atoms with Crippen molar-refractivity contribution in [2.24, 2.45) is 5.92 Å². The highest BCUT2D eigenvalue weighted by molar-refractivity contribution is 5.23. The van der Waals surface area contributed by atoms with Gasteiger partial charge in [-0.05, 0) is 31.7 Å². The van der Waals surface area contributed by atoms with Crippen molar-refractivity contribution in [2.75, 3.05) is 0 Å². The molecule has 1 heterocycles. The molecule has 108 valence electrons. The van der Waals surface area contributed by atoms with E-state index in [1.807, 2.05) is 13.0 Å². The average molecular weight is 264 g/mol. The number of aliphatic hydroxyl groups is 1. The first-order chi connectivity index (χ1) is 9.12. The molecule has 0 aliphatic rings. The van der Waals surface area contributed by atoms with E-state index in [9.17, 15) is 5.11 Å². The van der Waals surface area contributed by atoms with Gasteiger partial charge < -0.3 is 5.11 Å². The van der Waals surface area contributed by atoms with E-state index in [0.717, 1.165) is 36.2 Å². The van der Waals surface area contributed by atoms with Crippen molar-refractivity contribution in [1.82, 2.24) is 10.2 Å². The zero-order valence-electron chi connectivity index (χ0n) is 12.8. The molecule has 1 N–H and O–H groups in total. The number of nitrogens with zero attached hydrogens (tertiary/aromatic N) is 2. The lowest BCUT2D eigenvalue weighted by Crippen LogP contribution is -2.11. The molecule has 3 nitrogen and oxygen atoms in total. The number of hydrogen-bond donors (Lipinski definition) is 1. The summed E-state index contributed by atoms with van der Waals surface area (Å²) in [5.41, 5.74) is 2.79. The number of aryl methyl sites for hydroxylation is 2. The highest BCUT2D eigenvalue weighted by Gasteiger charge is 2.18. The molecule has 1 aromatic heterocycles. The van der Waals surface area contributed by atoms with Crippen LogP contribution >= 0.6 is 0 Å². The molecule has 0 saturated carbocycles. The molecule has 0 aliphatic carbocycles. The molecular formula is C16H28N2O. The number of rotatable bonds is 8. The molecule has 19 heavy (non-hydrogen) atoms. The number of unbranched alkanes of at least 4 members (excludes halogenated alkanes) is 1. The molecule has 0 saturated heterocycles. The van der Waals surface area contributed by atoms with Crippen molar-refractivity contribution >= 4 is 0 Å². The molecular weight excluding hydrogens is 236 g/mol. The molecule has 1 aromatic rings. The smallest absolute Gasteiger partial charge is 0.0811 e. The second-order valence-electron chi connectivity index (χ2n) is 5.41. The summed E-state index contributed by atoms with van der Waals surface area (Å²) in [5, 5.41) is 18.8. The first-order valence-corrected chi connectivity index (χ1v) is 7.63. The van der Waals surface area contributed by atoms with Gasteiger partial charge in [0.2, 0.25) is 0 Å². The number of hydrogen-bond acceptors (Lipinski definition) is 3. The summed E-state index contributed by atoms with van der Waals surface area (Å²) in [6, 6.07) is 1.99. The van der Waals surface area contributed by atoms with E-state index in [1.54, 1.807) is 0 Å². The zero-order valence-corrected chi connectivity index (χ0v) is 12.8. The van der Waals surface area contributed by atoms with Crippen LogP contribution in [0.2, 0.25) is 0 Å².